The Kier molecular flexibility index (Phi) is 15.6. The van der Waals surface area contributed by atoms with E-state index >= 15 is 0 Å². The molecule has 0 bridgehead atoms. The Morgan fingerprint density at radius 1 is 0.700 bits per heavy atom. The van der Waals surface area contributed by atoms with Gasteiger partial charge in [-0.3, -0.25) is 0 Å². The van der Waals surface area contributed by atoms with Gasteiger partial charge < -0.3 is 24.0 Å². The summed E-state index contributed by atoms with van der Waals surface area (Å²) >= 11 is 6.04. The van der Waals surface area contributed by atoms with Gasteiger partial charge >= 0.3 is 0 Å². The summed E-state index contributed by atoms with van der Waals surface area (Å²) in [5, 5.41) is 0.789. The number of aryl methyl sites for hydroxylation is 2. The van der Waals surface area contributed by atoms with E-state index in [9.17, 15) is 0 Å². The van der Waals surface area contributed by atoms with E-state index in [1.807, 2.05) is 12.1 Å². The molecule has 2 nitrogen and oxygen atoms in total. The summed E-state index contributed by atoms with van der Waals surface area (Å²) in [5.74, 6) is 0. The third-order valence-corrected chi connectivity index (χ3v) is 6.14. The number of aromatic nitrogens is 2. The van der Waals surface area contributed by atoms with E-state index in [1.54, 1.807) is 0 Å². The SMILES string of the molecule is CCCCCCCCCCCCCCCC[n+]1ccc(C)n1-c1ccc(Cl)cc1.[I-]. The molecule has 0 atom stereocenters. The fourth-order valence-electron chi connectivity index (χ4n) is 4.11. The Morgan fingerprint density at radius 2 is 1.17 bits per heavy atom. The van der Waals surface area contributed by atoms with E-state index in [0.29, 0.717) is 0 Å². The van der Waals surface area contributed by atoms with Crippen LogP contribution in [-0.4, -0.2) is 4.68 Å². The Hall–Kier alpha value is -0.550. The standard InChI is InChI=1S/C26H42ClN2.HI/c1-3-4-5-6-7-8-9-10-11-12-13-14-15-16-22-28-23-21-24(2)29(28)26-19-17-25(27)18-20-26;/h17-21,23H,3-16,22H2,1-2H3;1H/q+1;/p-1. The van der Waals surface area contributed by atoms with E-state index in [1.165, 1.54) is 101 Å². The van der Waals surface area contributed by atoms with Crippen molar-refractivity contribution in [1.82, 2.24) is 4.68 Å². The Balaban J connectivity index is 0.00000450. The van der Waals surface area contributed by atoms with Crippen LogP contribution in [0.15, 0.2) is 36.5 Å². The van der Waals surface area contributed by atoms with Crippen LogP contribution in [0.25, 0.3) is 5.69 Å². The molecule has 0 aliphatic heterocycles. The van der Waals surface area contributed by atoms with Gasteiger partial charge in [-0.2, -0.15) is 0 Å². The van der Waals surface area contributed by atoms with Crippen molar-refractivity contribution in [3.05, 3.63) is 47.2 Å². The minimum Gasteiger partial charge on any atom is -1.00 e. The van der Waals surface area contributed by atoms with Crippen LogP contribution < -0.4 is 28.7 Å². The van der Waals surface area contributed by atoms with Gasteiger partial charge in [0, 0.05) is 17.5 Å². The summed E-state index contributed by atoms with van der Waals surface area (Å²) < 4.78 is 4.62. The maximum atomic E-state index is 6.04. The Labute approximate surface area is 207 Å². The van der Waals surface area contributed by atoms with Gasteiger partial charge in [-0.1, -0.05) is 95.6 Å². The number of halogens is 2. The van der Waals surface area contributed by atoms with Crippen molar-refractivity contribution in [3.63, 3.8) is 0 Å². The van der Waals surface area contributed by atoms with Crippen LogP contribution in [-0.2, 0) is 6.54 Å². The van der Waals surface area contributed by atoms with Gasteiger partial charge in [-0.25, -0.2) is 0 Å². The van der Waals surface area contributed by atoms with Crippen molar-refractivity contribution in [2.24, 2.45) is 0 Å². The molecule has 170 valence electrons. The van der Waals surface area contributed by atoms with Crippen molar-refractivity contribution in [2.45, 2.75) is 110 Å². The minimum atomic E-state index is 0. The van der Waals surface area contributed by atoms with Crippen LogP contribution in [0.5, 0.6) is 0 Å². The summed E-state index contributed by atoms with van der Waals surface area (Å²) in [4.78, 5) is 0. The molecule has 0 spiro atoms. The van der Waals surface area contributed by atoms with E-state index in [-0.39, 0.29) is 24.0 Å². The molecule has 0 radical (unpaired) electrons. The van der Waals surface area contributed by atoms with Crippen molar-refractivity contribution in [3.8, 4) is 5.69 Å². The highest BCUT2D eigenvalue weighted by Crippen LogP contribution is 2.15. The molecule has 2 rings (SSSR count). The smallest absolute Gasteiger partial charge is 0.196 e. The van der Waals surface area contributed by atoms with Crippen LogP contribution in [0.4, 0.5) is 0 Å². The lowest BCUT2D eigenvalue weighted by molar-refractivity contribution is -0.767. The van der Waals surface area contributed by atoms with Crippen LogP contribution in [0.2, 0.25) is 5.02 Å². The number of rotatable bonds is 16. The second-order valence-corrected chi connectivity index (χ2v) is 8.94. The lowest BCUT2D eigenvalue weighted by atomic mass is 10.0. The summed E-state index contributed by atoms with van der Waals surface area (Å²) in [6.45, 7) is 5.53. The normalized spacial score (nSPS) is 10.9. The predicted octanol–water partition coefficient (Wildman–Crippen LogP) is 5.21. The quantitative estimate of drug-likeness (QED) is 0.156. The van der Waals surface area contributed by atoms with Crippen LogP contribution >= 0.6 is 11.6 Å². The molecular formula is C26H42ClIN2. The van der Waals surface area contributed by atoms with Gasteiger partial charge in [-0.15, -0.1) is 9.36 Å². The zero-order chi connectivity index (χ0) is 20.7. The second kappa shape index (κ2) is 17.1. The van der Waals surface area contributed by atoms with Gasteiger partial charge in [0.25, 0.3) is 0 Å². The molecular weight excluding hydrogens is 503 g/mol. The highest BCUT2D eigenvalue weighted by molar-refractivity contribution is 6.30. The Morgan fingerprint density at radius 3 is 1.67 bits per heavy atom. The first-order valence-electron chi connectivity index (χ1n) is 12.1. The highest BCUT2D eigenvalue weighted by Gasteiger charge is 2.13. The second-order valence-electron chi connectivity index (χ2n) is 8.50. The third-order valence-electron chi connectivity index (χ3n) is 5.89. The zero-order valence-corrected chi connectivity index (χ0v) is 22.1. The van der Waals surface area contributed by atoms with E-state index in [4.69, 9.17) is 11.6 Å². The first kappa shape index (κ1) is 27.5. The molecule has 30 heavy (non-hydrogen) atoms. The Bertz CT molecular complexity index is 666. The van der Waals surface area contributed by atoms with Crippen LogP contribution in [0.1, 0.15) is 103 Å². The van der Waals surface area contributed by atoms with Gasteiger partial charge in [0.1, 0.15) is 5.69 Å². The molecule has 1 aromatic heterocycles. The number of nitrogens with zero attached hydrogens (tertiary/aromatic N) is 2. The lowest BCUT2D eigenvalue weighted by Gasteiger charge is -2.06. The predicted molar refractivity (Wildman–Crippen MR) is 126 cm³/mol. The number of hydrogen-bond acceptors (Lipinski definition) is 0. The number of hydrogen-bond donors (Lipinski definition) is 0. The minimum absolute atomic E-state index is 0. The van der Waals surface area contributed by atoms with E-state index < -0.39 is 0 Å². The lowest BCUT2D eigenvalue weighted by Crippen LogP contribution is -3.00. The molecule has 0 saturated carbocycles. The monoisotopic (exact) mass is 544 g/mol. The summed E-state index contributed by atoms with van der Waals surface area (Å²) in [5.41, 5.74) is 2.44. The summed E-state index contributed by atoms with van der Waals surface area (Å²) in [6, 6.07) is 10.3. The average molecular weight is 545 g/mol. The maximum absolute atomic E-state index is 6.04. The molecule has 4 heteroatoms. The van der Waals surface area contributed by atoms with Gasteiger partial charge in [0.2, 0.25) is 0 Å². The summed E-state index contributed by atoms with van der Waals surface area (Å²) in [6.07, 6.45) is 21.9. The first-order valence-corrected chi connectivity index (χ1v) is 12.4. The molecule has 0 unspecified atom stereocenters. The van der Waals surface area contributed by atoms with Crippen molar-refractivity contribution in [2.75, 3.05) is 0 Å². The van der Waals surface area contributed by atoms with Gasteiger partial charge in [0.15, 0.2) is 12.7 Å². The maximum Gasteiger partial charge on any atom is 0.196 e. The van der Waals surface area contributed by atoms with Crippen molar-refractivity contribution < 1.29 is 28.7 Å². The van der Waals surface area contributed by atoms with Crippen molar-refractivity contribution in [1.29, 1.82) is 0 Å². The van der Waals surface area contributed by atoms with Gasteiger partial charge in [-0.05, 0) is 37.6 Å². The van der Waals surface area contributed by atoms with E-state index in [0.717, 1.165) is 11.6 Å². The van der Waals surface area contributed by atoms with E-state index in [2.05, 4.69) is 47.6 Å². The molecule has 0 aliphatic carbocycles. The number of unbranched alkanes of at least 4 members (excludes halogenated alkanes) is 13. The molecule has 0 amide bonds. The molecule has 0 N–H and O–H groups in total. The molecule has 2 aromatic rings. The largest absolute Gasteiger partial charge is 1.00 e. The molecule has 0 fully saturated rings. The fraction of sp³-hybridized carbons (Fsp3) is 0.654. The highest BCUT2D eigenvalue weighted by atomic mass is 127. The first-order chi connectivity index (χ1) is 14.2. The molecule has 0 aliphatic rings. The number of benzene rings is 1. The molecule has 1 heterocycles. The van der Waals surface area contributed by atoms with Gasteiger partial charge in [0.05, 0.1) is 5.69 Å². The molecule has 1 aromatic carbocycles. The van der Waals surface area contributed by atoms with Crippen LogP contribution in [0, 0.1) is 6.92 Å². The van der Waals surface area contributed by atoms with Crippen LogP contribution in [0.3, 0.4) is 0 Å². The fourth-order valence-corrected chi connectivity index (χ4v) is 4.24. The topological polar surface area (TPSA) is 8.81 Å². The zero-order valence-electron chi connectivity index (χ0n) is 19.2. The molecule has 0 saturated heterocycles. The third kappa shape index (κ3) is 10.7. The average Bonchev–Trinajstić information content (AvgIpc) is 3.09. The van der Waals surface area contributed by atoms with Crippen molar-refractivity contribution >= 4 is 11.6 Å². The summed E-state index contributed by atoms with van der Waals surface area (Å²) in [7, 11) is 0.